The van der Waals surface area contributed by atoms with Crippen molar-refractivity contribution >= 4 is 34.5 Å². The van der Waals surface area contributed by atoms with E-state index in [1.165, 1.54) is 4.90 Å². The minimum atomic E-state index is -3.75. The molecule has 11 nitrogen and oxygen atoms in total. The van der Waals surface area contributed by atoms with Crippen LogP contribution in [0.3, 0.4) is 0 Å². The van der Waals surface area contributed by atoms with Crippen LogP contribution in [0.5, 0.6) is 0 Å². The molecular weight excluding hydrogens is 460 g/mol. The number of aldehydes is 1. The molecule has 0 bridgehead atoms. The number of amides is 2. The van der Waals surface area contributed by atoms with Gasteiger partial charge in [-0.25, -0.2) is 13.1 Å². The van der Waals surface area contributed by atoms with Crippen LogP contribution in [0.25, 0.3) is 0 Å². The number of nitrogens with zero attached hydrogens (tertiary/aromatic N) is 1. The predicted octanol–water partition coefficient (Wildman–Crippen LogP) is -0.230. The van der Waals surface area contributed by atoms with Crippen molar-refractivity contribution in [1.82, 2.24) is 14.9 Å². The fourth-order valence-electron chi connectivity index (χ4n) is 3.54. The highest BCUT2D eigenvalue weighted by atomic mass is 32.2. The second kappa shape index (κ2) is 15.1. The van der Waals surface area contributed by atoms with E-state index in [-0.39, 0.29) is 12.3 Å². The van der Waals surface area contributed by atoms with Gasteiger partial charge < -0.3 is 26.5 Å². The van der Waals surface area contributed by atoms with Gasteiger partial charge in [-0.05, 0) is 56.7 Å². The summed E-state index contributed by atoms with van der Waals surface area (Å²) in [5.74, 6) is -1.09. The van der Waals surface area contributed by atoms with Gasteiger partial charge in [0.15, 0.2) is 0 Å². The van der Waals surface area contributed by atoms with Gasteiger partial charge in [-0.15, -0.1) is 0 Å². The summed E-state index contributed by atoms with van der Waals surface area (Å²) < 4.78 is 27.9. The summed E-state index contributed by atoms with van der Waals surface area (Å²) in [6, 6.07) is 5.62. The minimum Gasteiger partial charge on any atom is -0.390 e. The van der Waals surface area contributed by atoms with Crippen molar-refractivity contribution in [2.45, 2.75) is 56.9 Å². The third-order valence-electron chi connectivity index (χ3n) is 5.27. The molecule has 190 valence electrons. The van der Waals surface area contributed by atoms with Crippen LogP contribution in [-0.2, 0) is 30.2 Å². The molecule has 12 heteroatoms. The molecule has 0 spiro atoms. The highest BCUT2D eigenvalue weighted by molar-refractivity contribution is 7.88. The summed E-state index contributed by atoms with van der Waals surface area (Å²) >= 11 is 0. The zero-order valence-corrected chi connectivity index (χ0v) is 20.4. The number of aryl methyl sites for hydroxylation is 1. The molecule has 0 aliphatic carbocycles. The van der Waals surface area contributed by atoms with Crippen molar-refractivity contribution in [3.05, 3.63) is 35.4 Å². The Morgan fingerprint density at radius 1 is 1.32 bits per heavy atom. The molecule has 1 heterocycles. The summed E-state index contributed by atoms with van der Waals surface area (Å²) in [6.45, 7) is 2.38. The van der Waals surface area contributed by atoms with E-state index in [1.807, 2.05) is 19.1 Å². The number of carbonyl (C=O) groups is 3. The number of nitrogens with two attached hydrogens (primary N) is 2. The average Bonchev–Trinajstić information content (AvgIpc) is 2.94. The molecule has 0 radical (unpaired) electrons. The highest BCUT2D eigenvalue weighted by Gasteiger charge is 2.31. The fraction of sp³-hybridized carbons (Fsp3) is 0.545. The van der Waals surface area contributed by atoms with Crippen LogP contribution in [0.4, 0.5) is 0 Å². The molecule has 2 atom stereocenters. The molecule has 2 amide bonds. The van der Waals surface area contributed by atoms with Gasteiger partial charge in [-0.2, -0.15) is 0 Å². The van der Waals surface area contributed by atoms with E-state index in [9.17, 15) is 22.8 Å². The lowest BCUT2D eigenvalue weighted by Gasteiger charge is -2.25. The number of nitrogens with one attached hydrogen (secondary N) is 3. The molecule has 0 saturated carbocycles. The highest BCUT2D eigenvalue weighted by Crippen LogP contribution is 2.16. The van der Waals surface area contributed by atoms with Crippen molar-refractivity contribution in [3.8, 4) is 0 Å². The molecule has 2 rings (SSSR count). The van der Waals surface area contributed by atoms with E-state index < -0.39 is 33.9 Å². The van der Waals surface area contributed by atoms with Gasteiger partial charge in [0.1, 0.15) is 12.3 Å². The normalized spacial score (nSPS) is 17.1. The third-order valence-corrected chi connectivity index (χ3v) is 6.61. The molecule has 1 saturated heterocycles. The maximum Gasteiger partial charge on any atom is 0.241 e. The Bertz CT molecular complexity index is 924. The summed E-state index contributed by atoms with van der Waals surface area (Å²) in [5, 5.41) is 8.46. The lowest BCUT2D eigenvalue weighted by molar-refractivity contribution is -0.137. The Kier molecular flexibility index (Phi) is 13.0. The molecule has 34 heavy (non-hydrogen) atoms. The van der Waals surface area contributed by atoms with Crippen LogP contribution < -0.4 is 21.5 Å². The Morgan fingerprint density at radius 2 is 2.00 bits per heavy atom. The zero-order valence-electron chi connectivity index (χ0n) is 19.5. The Balaban J connectivity index is 0.00000182. The molecule has 1 aromatic rings. The van der Waals surface area contributed by atoms with Crippen LogP contribution in [-0.4, -0.2) is 69.5 Å². The van der Waals surface area contributed by atoms with E-state index in [0.717, 1.165) is 11.9 Å². The number of hydrogen-bond donors (Lipinski definition) is 5. The van der Waals surface area contributed by atoms with Crippen molar-refractivity contribution in [1.29, 1.82) is 5.41 Å². The first kappa shape index (κ1) is 29.2. The molecule has 1 fully saturated rings. The number of rotatable bonds is 11. The largest absolute Gasteiger partial charge is 0.390 e. The summed E-state index contributed by atoms with van der Waals surface area (Å²) in [4.78, 5) is 37.8. The predicted molar refractivity (Wildman–Crippen MR) is 130 cm³/mol. The van der Waals surface area contributed by atoms with Crippen molar-refractivity contribution in [2.24, 2.45) is 11.5 Å². The minimum absolute atomic E-state index is 0.216. The first-order valence-corrected chi connectivity index (χ1v) is 12.8. The molecule has 1 aliphatic rings. The van der Waals surface area contributed by atoms with Gasteiger partial charge in [-0.3, -0.25) is 15.0 Å². The van der Waals surface area contributed by atoms with Gasteiger partial charge in [0.2, 0.25) is 21.8 Å². The second-order valence-electron chi connectivity index (χ2n) is 8.02. The third kappa shape index (κ3) is 10.4. The van der Waals surface area contributed by atoms with Gasteiger partial charge >= 0.3 is 0 Å². The average molecular weight is 497 g/mol. The molecule has 0 unspecified atom stereocenters. The first-order chi connectivity index (χ1) is 16.2. The van der Waals surface area contributed by atoms with Crippen LogP contribution in [0.1, 0.15) is 43.2 Å². The van der Waals surface area contributed by atoms with Gasteiger partial charge in [-0.1, -0.05) is 24.3 Å². The van der Waals surface area contributed by atoms with Crippen LogP contribution >= 0.6 is 0 Å². The van der Waals surface area contributed by atoms with Crippen molar-refractivity contribution in [2.75, 3.05) is 19.6 Å². The Morgan fingerprint density at radius 3 is 2.62 bits per heavy atom. The van der Waals surface area contributed by atoms with Crippen molar-refractivity contribution < 1.29 is 22.8 Å². The zero-order chi connectivity index (χ0) is 25.6. The molecule has 1 aliphatic heterocycles. The summed E-state index contributed by atoms with van der Waals surface area (Å²) in [6.07, 6.45) is 4.13. The van der Waals surface area contributed by atoms with E-state index >= 15 is 0 Å². The maximum atomic E-state index is 12.9. The number of benzene rings is 1. The Hall–Kier alpha value is -2.83. The smallest absolute Gasteiger partial charge is 0.241 e. The standard InChI is InChI=1S/C21H32N4O5S.CH4N2/c1-16-7-2-3-8-17(16)15-31(29,30)24-19-10-4-5-12-25(21(19)28)13-20(27)23-18(14-26)9-6-11-22;2-1-3/h2-3,7-8,14,18-19,24H,4-6,9-13,15,22H2,1H3,(H,23,27);1H,(H3,2,3)/t18-,19-;/m0./s1. The van der Waals surface area contributed by atoms with E-state index in [1.54, 1.807) is 12.1 Å². The van der Waals surface area contributed by atoms with Crippen molar-refractivity contribution in [3.63, 3.8) is 0 Å². The molecular formula is C22H36N6O5S. The summed E-state index contributed by atoms with van der Waals surface area (Å²) in [7, 11) is -3.75. The molecule has 1 aromatic carbocycles. The van der Waals surface area contributed by atoms with Crippen LogP contribution in [0.2, 0.25) is 0 Å². The maximum absolute atomic E-state index is 12.9. The number of hydrogen-bond acceptors (Lipinski definition) is 7. The van der Waals surface area contributed by atoms with E-state index in [0.29, 0.717) is 57.0 Å². The van der Waals surface area contributed by atoms with Gasteiger partial charge in [0.05, 0.1) is 24.7 Å². The molecule has 7 N–H and O–H groups in total. The quantitative estimate of drug-likeness (QED) is 0.159. The first-order valence-electron chi connectivity index (χ1n) is 11.2. The Labute approximate surface area is 201 Å². The van der Waals surface area contributed by atoms with Crippen LogP contribution in [0.15, 0.2) is 24.3 Å². The van der Waals surface area contributed by atoms with E-state index in [2.05, 4.69) is 15.8 Å². The summed E-state index contributed by atoms with van der Waals surface area (Å²) in [5.41, 5.74) is 11.4. The van der Waals surface area contributed by atoms with Gasteiger partial charge in [0.25, 0.3) is 0 Å². The lowest BCUT2D eigenvalue weighted by atomic mass is 10.1. The monoisotopic (exact) mass is 496 g/mol. The van der Waals surface area contributed by atoms with Crippen LogP contribution in [0, 0.1) is 12.3 Å². The number of likely N-dealkylation sites (tertiary alicyclic amines) is 1. The van der Waals surface area contributed by atoms with Gasteiger partial charge in [0, 0.05) is 6.54 Å². The molecule has 0 aromatic heterocycles. The topological polar surface area (TPSA) is 189 Å². The van der Waals surface area contributed by atoms with E-state index in [4.69, 9.17) is 11.1 Å². The lowest BCUT2D eigenvalue weighted by Crippen LogP contribution is -2.51. The second-order valence-corrected chi connectivity index (χ2v) is 9.77. The number of sulfonamides is 1. The number of carbonyl (C=O) groups excluding carboxylic acids is 3. The SMILES string of the molecule is Cc1ccccc1CS(=O)(=O)N[C@H]1CCCCN(CC(=O)N[C@H](C=O)CCCN)C1=O.N=CN. The fourth-order valence-corrected chi connectivity index (χ4v) is 5.01.